The summed E-state index contributed by atoms with van der Waals surface area (Å²) in [4.78, 5) is 23.2. The second-order valence-electron chi connectivity index (χ2n) is 6.64. The molecule has 140 valence electrons. The molecule has 2 aromatic rings. The summed E-state index contributed by atoms with van der Waals surface area (Å²) >= 11 is 0. The van der Waals surface area contributed by atoms with Crippen LogP contribution in [0.15, 0.2) is 30.7 Å². The monoisotopic (exact) mass is 357 g/mol. The maximum Gasteiger partial charge on any atom is 0.255 e. The number of imidazole rings is 1. The van der Waals surface area contributed by atoms with Gasteiger partial charge in [0.1, 0.15) is 11.6 Å². The maximum atomic E-state index is 12.7. The number of carbonyl (C=O) groups is 1. The summed E-state index contributed by atoms with van der Waals surface area (Å²) in [5.74, 6) is 2.27. The van der Waals surface area contributed by atoms with E-state index in [1.165, 1.54) is 0 Å². The van der Waals surface area contributed by atoms with Crippen molar-refractivity contribution in [1.29, 1.82) is 0 Å². The number of ether oxygens (including phenoxy) is 1. The fourth-order valence-corrected chi connectivity index (χ4v) is 3.05. The standard InChI is InChI=1S/C19H27N5O2/c1-3-24(14-18-20-8-9-23(18)2)19(25)16-4-5-17(22-13-16)21-12-15-6-10-26-11-7-15/h4-5,8-9,13,15H,3,6-7,10-12,14H2,1-2H3,(H,21,22). The first-order valence-electron chi connectivity index (χ1n) is 9.20. The Labute approximate surface area is 154 Å². The van der Waals surface area contributed by atoms with Crippen molar-refractivity contribution in [1.82, 2.24) is 19.4 Å². The van der Waals surface area contributed by atoms with E-state index >= 15 is 0 Å². The van der Waals surface area contributed by atoms with Crippen molar-refractivity contribution in [3.05, 3.63) is 42.1 Å². The first kappa shape index (κ1) is 18.4. The minimum Gasteiger partial charge on any atom is -0.381 e. The minimum absolute atomic E-state index is 0.0287. The molecule has 0 radical (unpaired) electrons. The van der Waals surface area contributed by atoms with Gasteiger partial charge in [-0.15, -0.1) is 0 Å². The van der Waals surface area contributed by atoms with E-state index in [2.05, 4.69) is 15.3 Å². The molecule has 0 aromatic carbocycles. The molecule has 1 saturated heterocycles. The van der Waals surface area contributed by atoms with E-state index < -0.39 is 0 Å². The third-order valence-electron chi connectivity index (χ3n) is 4.85. The van der Waals surface area contributed by atoms with Gasteiger partial charge in [0, 0.05) is 51.9 Å². The minimum atomic E-state index is -0.0287. The smallest absolute Gasteiger partial charge is 0.255 e. The van der Waals surface area contributed by atoms with E-state index in [0.717, 1.165) is 44.2 Å². The van der Waals surface area contributed by atoms with Crippen LogP contribution >= 0.6 is 0 Å². The van der Waals surface area contributed by atoms with Crippen molar-refractivity contribution < 1.29 is 9.53 Å². The molecule has 0 spiro atoms. The normalized spacial score (nSPS) is 15.0. The highest BCUT2D eigenvalue weighted by molar-refractivity contribution is 5.94. The molecule has 3 rings (SSSR count). The quantitative estimate of drug-likeness (QED) is 0.823. The molecule has 1 N–H and O–H groups in total. The lowest BCUT2D eigenvalue weighted by atomic mass is 10.0. The van der Waals surface area contributed by atoms with Crippen molar-refractivity contribution in [2.75, 3.05) is 31.6 Å². The number of amides is 1. The summed E-state index contributed by atoms with van der Waals surface area (Å²) in [6.45, 7) is 5.66. The molecule has 1 aliphatic rings. The van der Waals surface area contributed by atoms with Gasteiger partial charge < -0.3 is 19.5 Å². The highest BCUT2D eigenvalue weighted by Crippen LogP contribution is 2.16. The zero-order valence-electron chi connectivity index (χ0n) is 15.5. The van der Waals surface area contributed by atoms with Crippen molar-refractivity contribution in [2.45, 2.75) is 26.3 Å². The number of hydrogen-bond donors (Lipinski definition) is 1. The zero-order chi connectivity index (χ0) is 18.4. The van der Waals surface area contributed by atoms with E-state index in [-0.39, 0.29) is 5.91 Å². The molecule has 0 bridgehead atoms. The lowest BCUT2D eigenvalue weighted by Crippen LogP contribution is -2.31. The van der Waals surface area contributed by atoms with Gasteiger partial charge in [-0.1, -0.05) is 0 Å². The Hall–Kier alpha value is -2.41. The fraction of sp³-hybridized carbons (Fsp3) is 0.526. The molecule has 1 fully saturated rings. The number of anilines is 1. The van der Waals surface area contributed by atoms with E-state index in [0.29, 0.717) is 24.6 Å². The molecular weight excluding hydrogens is 330 g/mol. The number of aromatic nitrogens is 3. The molecule has 0 aliphatic carbocycles. The van der Waals surface area contributed by atoms with Gasteiger partial charge in [-0.2, -0.15) is 0 Å². The topological polar surface area (TPSA) is 72.3 Å². The van der Waals surface area contributed by atoms with Crippen LogP contribution in [0.25, 0.3) is 0 Å². The Bertz CT molecular complexity index is 707. The molecule has 0 unspecified atom stereocenters. The molecule has 26 heavy (non-hydrogen) atoms. The average Bonchev–Trinajstić information content (AvgIpc) is 3.09. The van der Waals surface area contributed by atoms with Crippen molar-refractivity contribution in [2.24, 2.45) is 13.0 Å². The van der Waals surface area contributed by atoms with Crippen LogP contribution in [-0.2, 0) is 18.3 Å². The molecule has 7 nitrogen and oxygen atoms in total. The second-order valence-corrected chi connectivity index (χ2v) is 6.64. The van der Waals surface area contributed by atoms with E-state index in [1.807, 2.05) is 36.9 Å². The summed E-state index contributed by atoms with van der Waals surface area (Å²) in [6, 6.07) is 3.71. The first-order valence-corrected chi connectivity index (χ1v) is 9.20. The van der Waals surface area contributed by atoms with Gasteiger partial charge >= 0.3 is 0 Å². The summed E-state index contributed by atoms with van der Waals surface area (Å²) in [6.07, 6.45) is 7.45. The summed E-state index contributed by atoms with van der Waals surface area (Å²) in [7, 11) is 1.93. The van der Waals surface area contributed by atoms with Crippen molar-refractivity contribution >= 4 is 11.7 Å². The van der Waals surface area contributed by atoms with E-state index in [9.17, 15) is 4.79 Å². The Kier molecular flexibility index (Phi) is 6.22. The Morgan fingerprint density at radius 2 is 2.15 bits per heavy atom. The van der Waals surface area contributed by atoms with E-state index in [4.69, 9.17) is 4.74 Å². The average molecular weight is 357 g/mol. The van der Waals surface area contributed by atoms with Gasteiger partial charge in [0.2, 0.25) is 0 Å². The van der Waals surface area contributed by atoms with Gasteiger partial charge in [-0.3, -0.25) is 4.79 Å². The Morgan fingerprint density at radius 3 is 2.77 bits per heavy atom. The van der Waals surface area contributed by atoms with Gasteiger partial charge in [-0.05, 0) is 37.8 Å². The fourth-order valence-electron chi connectivity index (χ4n) is 3.05. The van der Waals surface area contributed by atoms with Gasteiger partial charge in [0.05, 0.1) is 12.1 Å². The van der Waals surface area contributed by atoms with Gasteiger partial charge in [-0.25, -0.2) is 9.97 Å². The van der Waals surface area contributed by atoms with Crippen LogP contribution in [0.3, 0.4) is 0 Å². The van der Waals surface area contributed by atoms with Crippen LogP contribution in [0.5, 0.6) is 0 Å². The van der Waals surface area contributed by atoms with Crippen LogP contribution < -0.4 is 5.32 Å². The lowest BCUT2D eigenvalue weighted by Gasteiger charge is -2.22. The van der Waals surface area contributed by atoms with Crippen LogP contribution in [0.1, 0.15) is 35.9 Å². The lowest BCUT2D eigenvalue weighted by molar-refractivity contribution is 0.0699. The zero-order valence-corrected chi connectivity index (χ0v) is 15.5. The summed E-state index contributed by atoms with van der Waals surface area (Å²) in [5, 5.41) is 3.36. The third kappa shape index (κ3) is 4.60. The maximum absolute atomic E-state index is 12.7. The SMILES string of the molecule is CCN(Cc1nccn1C)C(=O)c1ccc(NCC2CCOCC2)nc1. The predicted octanol–water partition coefficient (Wildman–Crippen LogP) is 2.32. The summed E-state index contributed by atoms with van der Waals surface area (Å²) in [5.41, 5.74) is 0.595. The van der Waals surface area contributed by atoms with Gasteiger partial charge in [0.15, 0.2) is 0 Å². The van der Waals surface area contributed by atoms with Crippen molar-refractivity contribution in [3.8, 4) is 0 Å². The highest BCUT2D eigenvalue weighted by atomic mass is 16.5. The van der Waals surface area contributed by atoms with Crippen LogP contribution in [-0.4, -0.2) is 51.6 Å². The predicted molar refractivity (Wildman–Crippen MR) is 99.9 cm³/mol. The molecule has 2 aromatic heterocycles. The molecule has 1 aliphatic heterocycles. The number of carbonyl (C=O) groups excluding carboxylic acids is 1. The third-order valence-corrected chi connectivity index (χ3v) is 4.85. The molecule has 0 atom stereocenters. The van der Waals surface area contributed by atoms with Crippen LogP contribution in [0.2, 0.25) is 0 Å². The number of rotatable bonds is 7. The number of nitrogens with one attached hydrogen (secondary N) is 1. The molecule has 0 saturated carbocycles. The van der Waals surface area contributed by atoms with E-state index in [1.54, 1.807) is 17.3 Å². The number of hydrogen-bond acceptors (Lipinski definition) is 5. The van der Waals surface area contributed by atoms with Crippen LogP contribution in [0.4, 0.5) is 5.82 Å². The Morgan fingerprint density at radius 1 is 1.35 bits per heavy atom. The second kappa shape index (κ2) is 8.80. The molecule has 3 heterocycles. The molecular formula is C19H27N5O2. The van der Waals surface area contributed by atoms with Gasteiger partial charge in [0.25, 0.3) is 5.91 Å². The van der Waals surface area contributed by atoms with Crippen LogP contribution in [0, 0.1) is 5.92 Å². The number of aryl methyl sites for hydroxylation is 1. The van der Waals surface area contributed by atoms with Crippen molar-refractivity contribution in [3.63, 3.8) is 0 Å². The number of nitrogens with zero attached hydrogens (tertiary/aromatic N) is 4. The highest BCUT2D eigenvalue weighted by Gasteiger charge is 2.17. The first-order chi connectivity index (χ1) is 12.7. The largest absolute Gasteiger partial charge is 0.381 e. The Balaban J connectivity index is 1.57. The number of pyridine rings is 1. The summed E-state index contributed by atoms with van der Waals surface area (Å²) < 4.78 is 7.31. The molecule has 7 heteroatoms. The molecule has 1 amide bonds.